The molecule has 2 aromatic heterocycles. The number of hydrogen-bond donors (Lipinski definition) is 2. The average Bonchev–Trinajstić information content (AvgIpc) is 2.79. The third kappa shape index (κ3) is 2.14. The predicted molar refractivity (Wildman–Crippen MR) is 61.8 cm³/mol. The molecule has 86 valence electrons. The van der Waals surface area contributed by atoms with Crippen LogP contribution in [0.25, 0.3) is 0 Å². The molecule has 0 amide bonds. The van der Waals surface area contributed by atoms with Crippen LogP contribution in [0.4, 0.5) is 0 Å². The van der Waals surface area contributed by atoms with Crippen LogP contribution in [-0.4, -0.2) is 20.0 Å². The van der Waals surface area contributed by atoms with E-state index in [1.165, 1.54) is 11.3 Å². The Labute approximate surface area is 94.9 Å². The molecule has 2 heterocycles. The lowest BCUT2D eigenvalue weighted by Crippen LogP contribution is -2.16. The summed E-state index contributed by atoms with van der Waals surface area (Å²) >= 11 is 0. The molecular formula is C11H17N5. The first-order valence-corrected chi connectivity index (χ1v) is 5.36. The van der Waals surface area contributed by atoms with Crippen molar-refractivity contribution in [3.05, 3.63) is 34.9 Å². The second kappa shape index (κ2) is 4.49. The van der Waals surface area contributed by atoms with Crippen LogP contribution in [0.2, 0.25) is 0 Å². The molecule has 0 aromatic carbocycles. The maximum atomic E-state index is 4.17. The largest absolute Gasteiger partial charge is 0.307 e. The number of aromatic amines is 1. The second-order valence-electron chi connectivity index (χ2n) is 3.96. The third-order valence-corrected chi connectivity index (χ3v) is 2.81. The van der Waals surface area contributed by atoms with Gasteiger partial charge in [0, 0.05) is 37.6 Å². The Hall–Kier alpha value is -1.62. The van der Waals surface area contributed by atoms with Crippen molar-refractivity contribution < 1.29 is 0 Å². The van der Waals surface area contributed by atoms with Crippen molar-refractivity contribution in [3.8, 4) is 0 Å². The predicted octanol–water partition coefficient (Wildman–Crippen LogP) is 1.05. The van der Waals surface area contributed by atoms with Gasteiger partial charge in [-0.15, -0.1) is 0 Å². The highest BCUT2D eigenvalue weighted by atomic mass is 15.3. The monoisotopic (exact) mass is 219 g/mol. The van der Waals surface area contributed by atoms with Crippen molar-refractivity contribution in [3.63, 3.8) is 0 Å². The molecule has 2 N–H and O–H groups in total. The summed E-state index contributed by atoms with van der Waals surface area (Å²) in [5, 5.41) is 14.7. The molecule has 5 heteroatoms. The van der Waals surface area contributed by atoms with Gasteiger partial charge < -0.3 is 5.32 Å². The quantitative estimate of drug-likeness (QED) is 0.808. The highest BCUT2D eigenvalue weighted by Gasteiger charge is 2.05. The zero-order valence-corrected chi connectivity index (χ0v) is 9.91. The summed E-state index contributed by atoms with van der Waals surface area (Å²) in [5.74, 6) is 0. The van der Waals surface area contributed by atoms with E-state index < -0.39 is 0 Å². The lowest BCUT2D eigenvalue weighted by Gasteiger charge is -2.05. The average molecular weight is 219 g/mol. The summed E-state index contributed by atoms with van der Waals surface area (Å²) in [6.45, 7) is 5.71. The summed E-state index contributed by atoms with van der Waals surface area (Å²) in [4.78, 5) is 0. The van der Waals surface area contributed by atoms with E-state index in [4.69, 9.17) is 0 Å². The molecule has 2 rings (SSSR count). The number of H-pyrrole nitrogens is 1. The van der Waals surface area contributed by atoms with E-state index in [1.54, 1.807) is 0 Å². The van der Waals surface area contributed by atoms with Gasteiger partial charge in [0.2, 0.25) is 0 Å². The van der Waals surface area contributed by atoms with Gasteiger partial charge in [0.1, 0.15) is 0 Å². The summed E-state index contributed by atoms with van der Waals surface area (Å²) in [6, 6.07) is 2.02. The fourth-order valence-electron chi connectivity index (χ4n) is 1.72. The summed E-state index contributed by atoms with van der Waals surface area (Å²) in [7, 11) is 1.95. The Morgan fingerprint density at radius 2 is 2.19 bits per heavy atom. The zero-order valence-electron chi connectivity index (χ0n) is 9.91. The van der Waals surface area contributed by atoms with E-state index >= 15 is 0 Å². The molecule has 16 heavy (non-hydrogen) atoms. The van der Waals surface area contributed by atoms with Crippen molar-refractivity contribution in [2.75, 3.05) is 0 Å². The van der Waals surface area contributed by atoms with Gasteiger partial charge in [-0.05, 0) is 19.9 Å². The molecule has 0 unspecified atom stereocenters. The van der Waals surface area contributed by atoms with Crippen LogP contribution in [0.3, 0.4) is 0 Å². The van der Waals surface area contributed by atoms with E-state index in [9.17, 15) is 0 Å². The molecule has 2 aromatic rings. The van der Waals surface area contributed by atoms with Gasteiger partial charge >= 0.3 is 0 Å². The highest BCUT2D eigenvalue weighted by Crippen LogP contribution is 2.08. The third-order valence-electron chi connectivity index (χ3n) is 2.81. The molecule has 5 nitrogen and oxygen atoms in total. The first kappa shape index (κ1) is 10.9. The Morgan fingerprint density at radius 3 is 2.75 bits per heavy atom. The summed E-state index contributed by atoms with van der Waals surface area (Å²) in [5.41, 5.74) is 4.63. The van der Waals surface area contributed by atoms with Crippen LogP contribution in [-0.2, 0) is 20.1 Å². The maximum Gasteiger partial charge on any atom is 0.0638 e. The van der Waals surface area contributed by atoms with Gasteiger partial charge in [-0.25, -0.2) is 0 Å². The van der Waals surface area contributed by atoms with Gasteiger partial charge in [0.05, 0.1) is 11.4 Å². The minimum absolute atomic E-state index is 0.820. The molecular weight excluding hydrogens is 202 g/mol. The van der Waals surface area contributed by atoms with Gasteiger partial charge in [-0.3, -0.25) is 9.78 Å². The number of nitrogens with one attached hydrogen (secondary N) is 2. The Kier molecular flexibility index (Phi) is 3.05. The topological polar surface area (TPSA) is 58.5 Å². The van der Waals surface area contributed by atoms with Gasteiger partial charge in [-0.1, -0.05) is 0 Å². The van der Waals surface area contributed by atoms with E-state index in [1.807, 2.05) is 37.8 Å². The minimum Gasteiger partial charge on any atom is -0.307 e. The van der Waals surface area contributed by atoms with Crippen molar-refractivity contribution in [2.24, 2.45) is 7.05 Å². The van der Waals surface area contributed by atoms with Gasteiger partial charge in [0.15, 0.2) is 0 Å². The van der Waals surface area contributed by atoms with Crippen LogP contribution in [0.1, 0.15) is 22.6 Å². The molecule has 0 fully saturated rings. The van der Waals surface area contributed by atoms with E-state index in [2.05, 4.69) is 20.6 Å². The van der Waals surface area contributed by atoms with E-state index in [0.29, 0.717) is 0 Å². The maximum absolute atomic E-state index is 4.17. The number of hydrogen-bond acceptors (Lipinski definition) is 3. The van der Waals surface area contributed by atoms with Crippen LogP contribution >= 0.6 is 0 Å². The van der Waals surface area contributed by atoms with Crippen LogP contribution < -0.4 is 5.32 Å². The number of nitrogens with zero attached hydrogens (tertiary/aromatic N) is 3. The Balaban J connectivity index is 1.92. The standard InChI is InChI=1S/C11H17N5/c1-8-11(9(2)15-14-8)7-12-6-10-4-5-13-16(10)3/h4-5,12H,6-7H2,1-3H3,(H,14,15). The van der Waals surface area contributed by atoms with Crippen molar-refractivity contribution in [1.29, 1.82) is 0 Å². The summed E-state index contributed by atoms with van der Waals surface area (Å²) in [6.07, 6.45) is 1.81. The molecule has 0 spiro atoms. The van der Waals surface area contributed by atoms with E-state index in [0.717, 1.165) is 24.5 Å². The second-order valence-corrected chi connectivity index (χ2v) is 3.96. The first-order valence-electron chi connectivity index (χ1n) is 5.36. The number of rotatable bonds is 4. The number of aryl methyl sites for hydroxylation is 3. The van der Waals surface area contributed by atoms with Crippen LogP contribution in [0, 0.1) is 13.8 Å². The lowest BCUT2D eigenvalue weighted by molar-refractivity contribution is 0.624. The Bertz CT molecular complexity index is 449. The Morgan fingerprint density at radius 1 is 1.38 bits per heavy atom. The molecule has 0 aliphatic heterocycles. The molecule has 0 saturated heterocycles. The molecule has 0 aliphatic rings. The molecule has 0 radical (unpaired) electrons. The fraction of sp³-hybridized carbons (Fsp3) is 0.455. The minimum atomic E-state index is 0.820. The molecule has 0 bridgehead atoms. The number of aromatic nitrogens is 4. The molecule has 0 aliphatic carbocycles. The van der Waals surface area contributed by atoms with Gasteiger partial charge in [-0.2, -0.15) is 10.2 Å². The molecule has 0 atom stereocenters. The van der Waals surface area contributed by atoms with Crippen molar-refractivity contribution in [2.45, 2.75) is 26.9 Å². The zero-order chi connectivity index (χ0) is 11.5. The normalized spacial score (nSPS) is 10.9. The summed E-state index contributed by atoms with van der Waals surface area (Å²) < 4.78 is 1.88. The first-order chi connectivity index (χ1) is 7.68. The highest BCUT2D eigenvalue weighted by molar-refractivity contribution is 5.22. The smallest absolute Gasteiger partial charge is 0.0638 e. The van der Waals surface area contributed by atoms with Crippen LogP contribution in [0.5, 0.6) is 0 Å². The lowest BCUT2D eigenvalue weighted by atomic mass is 10.2. The fourth-order valence-corrected chi connectivity index (χ4v) is 1.72. The van der Waals surface area contributed by atoms with Gasteiger partial charge in [0.25, 0.3) is 0 Å². The van der Waals surface area contributed by atoms with Crippen molar-refractivity contribution in [1.82, 2.24) is 25.3 Å². The molecule has 0 saturated carbocycles. The van der Waals surface area contributed by atoms with Crippen LogP contribution in [0.15, 0.2) is 12.3 Å². The SMILES string of the molecule is Cc1n[nH]c(C)c1CNCc1ccnn1C. The van der Waals surface area contributed by atoms with E-state index in [-0.39, 0.29) is 0 Å². The van der Waals surface area contributed by atoms with Crippen molar-refractivity contribution >= 4 is 0 Å².